The van der Waals surface area contributed by atoms with E-state index in [1.807, 2.05) is 5.38 Å². The number of carbonyl (C=O) groups excluding carboxylic acids is 1. The monoisotopic (exact) mass is 320 g/mol. The number of ether oxygens (including phenoxy) is 1. The number of thiazole rings is 1. The number of carbonyl (C=O) groups is 1. The lowest BCUT2D eigenvalue weighted by molar-refractivity contribution is -0.115. The van der Waals surface area contributed by atoms with Gasteiger partial charge in [-0.05, 0) is 18.2 Å². The van der Waals surface area contributed by atoms with E-state index in [2.05, 4.69) is 24.1 Å². The van der Waals surface area contributed by atoms with Crippen molar-refractivity contribution in [1.29, 1.82) is 0 Å². The average molecular weight is 320 g/mol. The molecule has 0 bridgehead atoms. The van der Waals surface area contributed by atoms with Crippen molar-refractivity contribution in [2.75, 3.05) is 12.4 Å². The predicted molar refractivity (Wildman–Crippen MR) is 87.5 cm³/mol. The molecule has 0 aliphatic rings. The zero-order valence-electron chi connectivity index (χ0n) is 12.9. The van der Waals surface area contributed by atoms with Gasteiger partial charge in [-0.3, -0.25) is 4.79 Å². The number of aliphatic hydroxyl groups excluding tert-OH is 1. The summed E-state index contributed by atoms with van der Waals surface area (Å²) in [5.74, 6) is 0.840. The number of rotatable bonds is 6. The standard InChI is InChI=1S/C16H20N2O3S/c1-10(2)16-18-13(9-22-16)7-15(20)17-12-4-5-14(21-3)11(6-12)8-19/h4-6,9-10,19H,7-8H2,1-3H3,(H,17,20). The number of nitrogens with zero attached hydrogens (tertiary/aromatic N) is 1. The Kier molecular flexibility index (Phi) is 5.51. The highest BCUT2D eigenvalue weighted by Crippen LogP contribution is 2.23. The Labute approximate surface area is 134 Å². The van der Waals surface area contributed by atoms with Gasteiger partial charge in [0, 0.05) is 22.5 Å². The molecule has 0 atom stereocenters. The Bertz CT molecular complexity index is 653. The van der Waals surface area contributed by atoms with Gasteiger partial charge in [-0.1, -0.05) is 13.8 Å². The first-order valence-corrected chi connectivity index (χ1v) is 7.93. The molecule has 0 radical (unpaired) electrons. The Morgan fingerprint density at radius 1 is 1.45 bits per heavy atom. The molecular weight excluding hydrogens is 300 g/mol. The van der Waals surface area contributed by atoms with E-state index in [0.717, 1.165) is 10.7 Å². The number of aliphatic hydroxyl groups is 1. The quantitative estimate of drug-likeness (QED) is 0.858. The molecule has 2 N–H and O–H groups in total. The summed E-state index contributed by atoms with van der Waals surface area (Å²) >= 11 is 1.58. The van der Waals surface area contributed by atoms with E-state index in [1.165, 1.54) is 0 Å². The van der Waals surface area contributed by atoms with Gasteiger partial charge in [-0.2, -0.15) is 0 Å². The summed E-state index contributed by atoms with van der Waals surface area (Å²) in [6, 6.07) is 5.18. The van der Waals surface area contributed by atoms with Crippen LogP contribution in [0.4, 0.5) is 5.69 Å². The largest absolute Gasteiger partial charge is 0.496 e. The van der Waals surface area contributed by atoms with Gasteiger partial charge in [0.15, 0.2) is 0 Å². The van der Waals surface area contributed by atoms with E-state index in [1.54, 1.807) is 36.6 Å². The molecule has 6 heteroatoms. The van der Waals surface area contributed by atoms with Gasteiger partial charge in [-0.15, -0.1) is 11.3 Å². The van der Waals surface area contributed by atoms with Crippen LogP contribution in [-0.2, 0) is 17.8 Å². The Morgan fingerprint density at radius 3 is 2.82 bits per heavy atom. The maximum Gasteiger partial charge on any atom is 0.230 e. The third kappa shape index (κ3) is 4.05. The number of hydrogen-bond acceptors (Lipinski definition) is 5. The van der Waals surface area contributed by atoms with Crippen molar-refractivity contribution in [2.24, 2.45) is 0 Å². The van der Waals surface area contributed by atoms with Gasteiger partial charge in [0.1, 0.15) is 5.75 Å². The molecule has 0 aliphatic carbocycles. The highest BCUT2D eigenvalue weighted by molar-refractivity contribution is 7.09. The predicted octanol–water partition coefficient (Wildman–Crippen LogP) is 2.95. The number of methoxy groups -OCH3 is 1. The molecule has 0 fully saturated rings. The molecule has 1 aromatic carbocycles. The van der Waals surface area contributed by atoms with Crippen LogP contribution in [0.3, 0.4) is 0 Å². The minimum absolute atomic E-state index is 0.130. The molecule has 1 aromatic heterocycles. The highest BCUT2D eigenvalue weighted by atomic mass is 32.1. The lowest BCUT2D eigenvalue weighted by Gasteiger charge is -2.09. The van der Waals surface area contributed by atoms with E-state index in [-0.39, 0.29) is 18.9 Å². The zero-order valence-corrected chi connectivity index (χ0v) is 13.7. The van der Waals surface area contributed by atoms with Crippen LogP contribution >= 0.6 is 11.3 Å². The Morgan fingerprint density at radius 2 is 2.23 bits per heavy atom. The molecule has 0 aliphatic heterocycles. The van der Waals surface area contributed by atoms with Crippen LogP contribution in [-0.4, -0.2) is 23.1 Å². The summed E-state index contributed by atoms with van der Waals surface area (Å²) in [4.78, 5) is 16.5. The summed E-state index contributed by atoms with van der Waals surface area (Å²) in [5, 5.41) is 15.1. The van der Waals surface area contributed by atoms with Crippen molar-refractivity contribution in [1.82, 2.24) is 4.98 Å². The number of aromatic nitrogens is 1. The minimum Gasteiger partial charge on any atom is -0.496 e. The van der Waals surface area contributed by atoms with Crippen LogP contribution in [0.5, 0.6) is 5.75 Å². The summed E-state index contributed by atoms with van der Waals surface area (Å²) in [6.45, 7) is 4.02. The van der Waals surface area contributed by atoms with Gasteiger partial charge in [0.2, 0.25) is 5.91 Å². The summed E-state index contributed by atoms with van der Waals surface area (Å²) in [5.41, 5.74) is 2.05. The van der Waals surface area contributed by atoms with E-state index in [9.17, 15) is 9.90 Å². The first kappa shape index (κ1) is 16.5. The zero-order chi connectivity index (χ0) is 16.1. The van der Waals surface area contributed by atoms with Crippen LogP contribution in [0.2, 0.25) is 0 Å². The first-order chi connectivity index (χ1) is 10.5. The molecule has 0 saturated heterocycles. The number of amides is 1. The maximum absolute atomic E-state index is 12.1. The fourth-order valence-corrected chi connectivity index (χ4v) is 2.85. The molecular formula is C16H20N2O3S. The molecule has 1 heterocycles. The van der Waals surface area contributed by atoms with Crippen LogP contribution in [0.1, 0.15) is 36.0 Å². The van der Waals surface area contributed by atoms with Crippen LogP contribution in [0.25, 0.3) is 0 Å². The summed E-state index contributed by atoms with van der Waals surface area (Å²) in [7, 11) is 1.54. The molecule has 22 heavy (non-hydrogen) atoms. The van der Waals surface area contributed by atoms with E-state index < -0.39 is 0 Å². The van der Waals surface area contributed by atoms with Gasteiger partial charge >= 0.3 is 0 Å². The van der Waals surface area contributed by atoms with Crippen molar-refractivity contribution >= 4 is 22.9 Å². The average Bonchev–Trinajstić information content (AvgIpc) is 2.95. The van der Waals surface area contributed by atoms with Crippen LogP contribution < -0.4 is 10.1 Å². The number of anilines is 1. The fourth-order valence-electron chi connectivity index (χ4n) is 2.02. The van der Waals surface area contributed by atoms with Crippen molar-refractivity contribution in [3.05, 3.63) is 39.8 Å². The van der Waals surface area contributed by atoms with Crippen molar-refractivity contribution in [3.8, 4) is 5.75 Å². The number of benzene rings is 1. The Balaban J connectivity index is 2.02. The van der Waals surface area contributed by atoms with Crippen molar-refractivity contribution in [2.45, 2.75) is 32.8 Å². The molecule has 0 unspecified atom stereocenters. The molecule has 2 aromatic rings. The SMILES string of the molecule is COc1ccc(NC(=O)Cc2csc(C(C)C)n2)cc1CO. The lowest BCUT2D eigenvalue weighted by Crippen LogP contribution is -2.15. The van der Waals surface area contributed by atoms with Crippen LogP contribution in [0.15, 0.2) is 23.6 Å². The molecule has 0 saturated carbocycles. The van der Waals surface area contributed by atoms with Crippen molar-refractivity contribution in [3.63, 3.8) is 0 Å². The normalized spacial score (nSPS) is 10.8. The Hall–Kier alpha value is -1.92. The fraction of sp³-hybridized carbons (Fsp3) is 0.375. The molecule has 5 nitrogen and oxygen atoms in total. The van der Waals surface area contributed by atoms with Gasteiger partial charge < -0.3 is 15.2 Å². The summed E-state index contributed by atoms with van der Waals surface area (Å²) < 4.78 is 5.14. The second kappa shape index (κ2) is 7.38. The third-order valence-corrected chi connectivity index (χ3v) is 4.33. The number of nitrogens with one attached hydrogen (secondary N) is 1. The van der Waals surface area contributed by atoms with Crippen LogP contribution in [0, 0.1) is 0 Å². The van der Waals surface area contributed by atoms with E-state index >= 15 is 0 Å². The first-order valence-electron chi connectivity index (χ1n) is 7.05. The highest BCUT2D eigenvalue weighted by Gasteiger charge is 2.11. The van der Waals surface area contributed by atoms with E-state index in [0.29, 0.717) is 22.9 Å². The minimum atomic E-state index is -0.142. The molecule has 1 amide bonds. The van der Waals surface area contributed by atoms with Gasteiger partial charge in [-0.25, -0.2) is 4.98 Å². The molecule has 118 valence electrons. The third-order valence-electron chi connectivity index (χ3n) is 3.14. The molecule has 0 spiro atoms. The topological polar surface area (TPSA) is 71.5 Å². The van der Waals surface area contributed by atoms with E-state index in [4.69, 9.17) is 4.74 Å². The number of hydrogen-bond donors (Lipinski definition) is 2. The van der Waals surface area contributed by atoms with Gasteiger partial charge in [0.25, 0.3) is 0 Å². The second-order valence-electron chi connectivity index (χ2n) is 5.24. The second-order valence-corrected chi connectivity index (χ2v) is 6.13. The van der Waals surface area contributed by atoms with Gasteiger partial charge in [0.05, 0.1) is 30.8 Å². The molecule has 2 rings (SSSR count). The lowest BCUT2D eigenvalue weighted by atomic mass is 10.2. The van der Waals surface area contributed by atoms with Crippen molar-refractivity contribution < 1.29 is 14.6 Å². The maximum atomic E-state index is 12.1. The summed E-state index contributed by atoms with van der Waals surface area (Å²) in [6.07, 6.45) is 0.240. The smallest absolute Gasteiger partial charge is 0.230 e.